The van der Waals surface area contributed by atoms with Crippen LogP contribution in [-0.4, -0.2) is 29.4 Å². The Morgan fingerprint density at radius 2 is 2.14 bits per heavy atom. The molecule has 1 aromatic carbocycles. The van der Waals surface area contributed by atoms with Crippen LogP contribution in [0.2, 0.25) is 0 Å². The minimum Gasteiger partial charge on any atom is -0.394 e. The van der Waals surface area contributed by atoms with Gasteiger partial charge in [-0.1, -0.05) is 45.0 Å². The zero-order valence-corrected chi connectivity index (χ0v) is 13.9. The molecule has 2 rings (SSSR count). The summed E-state index contributed by atoms with van der Waals surface area (Å²) in [6.07, 6.45) is 1.80. The SMILES string of the molecule is CC(C)(C)CC(CO)NC(=O)C1SCCc2ccccc21. The molecule has 2 unspecified atom stereocenters. The molecular weight excluding hydrogens is 282 g/mol. The summed E-state index contributed by atoms with van der Waals surface area (Å²) in [6, 6.07) is 7.99. The fourth-order valence-electron chi connectivity index (χ4n) is 2.79. The molecule has 0 spiro atoms. The Morgan fingerprint density at radius 3 is 2.81 bits per heavy atom. The molecule has 116 valence electrons. The van der Waals surface area contributed by atoms with Crippen LogP contribution in [0.3, 0.4) is 0 Å². The highest BCUT2D eigenvalue weighted by Crippen LogP contribution is 2.37. The lowest BCUT2D eigenvalue weighted by Gasteiger charge is -2.29. The van der Waals surface area contributed by atoms with Crippen molar-refractivity contribution >= 4 is 17.7 Å². The summed E-state index contributed by atoms with van der Waals surface area (Å²) in [7, 11) is 0. The van der Waals surface area contributed by atoms with Crippen LogP contribution < -0.4 is 5.32 Å². The Balaban J connectivity index is 2.07. The highest BCUT2D eigenvalue weighted by atomic mass is 32.2. The maximum Gasteiger partial charge on any atom is 0.237 e. The highest BCUT2D eigenvalue weighted by molar-refractivity contribution is 8.00. The molecule has 1 aliphatic rings. The first-order chi connectivity index (χ1) is 9.90. The van der Waals surface area contributed by atoms with E-state index in [-0.39, 0.29) is 29.2 Å². The lowest BCUT2D eigenvalue weighted by Crippen LogP contribution is -2.42. The van der Waals surface area contributed by atoms with E-state index in [2.05, 4.69) is 32.2 Å². The van der Waals surface area contributed by atoms with E-state index in [0.717, 1.165) is 24.2 Å². The third-order valence-corrected chi connectivity index (χ3v) is 4.90. The first-order valence-corrected chi connectivity index (χ1v) is 8.56. The minimum absolute atomic E-state index is 0.0119. The second-order valence-corrected chi connectivity index (χ2v) is 8.07. The lowest BCUT2D eigenvalue weighted by molar-refractivity contribution is -0.121. The van der Waals surface area contributed by atoms with Crippen LogP contribution >= 0.6 is 11.8 Å². The zero-order chi connectivity index (χ0) is 15.5. The van der Waals surface area contributed by atoms with Crippen molar-refractivity contribution in [2.75, 3.05) is 12.4 Å². The number of fused-ring (bicyclic) bond motifs is 1. The average Bonchev–Trinajstić information content (AvgIpc) is 2.44. The van der Waals surface area contributed by atoms with Crippen molar-refractivity contribution in [1.82, 2.24) is 5.32 Å². The number of thioether (sulfide) groups is 1. The molecule has 2 N–H and O–H groups in total. The van der Waals surface area contributed by atoms with E-state index in [4.69, 9.17) is 0 Å². The Hall–Kier alpha value is -1.00. The van der Waals surface area contributed by atoms with Gasteiger partial charge >= 0.3 is 0 Å². The van der Waals surface area contributed by atoms with Gasteiger partial charge in [-0.2, -0.15) is 0 Å². The van der Waals surface area contributed by atoms with Crippen LogP contribution in [0.1, 0.15) is 43.6 Å². The highest BCUT2D eigenvalue weighted by Gasteiger charge is 2.29. The van der Waals surface area contributed by atoms with Gasteiger partial charge in [-0.15, -0.1) is 11.8 Å². The number of carbonyl (C=O) groups is 1. The zero-order valence-electron chi connectivity index (χ0n) is 13.1. The van der Waals surface area contributed by atoms with E-state index in [1.54, 1.807) is 11.8 Å². The molecule has 0 saturated carbocycles. The number of aryl methyl sites for hydroxylation is 1. The molecule has 1 aliphatic heterocycles. The number of benzene rings is 1. The van der Waals surface area contributed by atoms with Crippen molar-refractivity contribution in [2.45, 2.75) is 44.9 Å². The van der Waals surface area contributed by atoms with Crippen LogP contribution in [0.5, 0.6) is 0 Å². The average molecular weight is 307 g/mol. The Morgan fingerprint density at radius 1 is 1.43 bits per heavy atom. The van der Waals surface area contributed by atoms with Crippen LogP contribution in [0.25, 0.3) is 0 Å². The first kappa shape index (κ1) is 16.4. The minimum atomic E-state index is -0.174. The predicted molar refractivity (Wildman–Crippen MR) is 88.4 cm³/mol. The summed E-state index contributed by atoms with van der Waals surface area (Å²) in [4.78, 5) is 12.6. The molecule has 1 heterocycles. The van der Waals surface area contributed by atoms with Gasteiger partial charge in [0.25, 0.3) is 0 Å². The summed E-state index contributed by atoms with van der Waals surface area (Å²) >= 11 is 1.69. The van der Waals surface area contributed by atoms with E-state index in [9.17, 15) is 9.90 Å². The van der Waals surface area contributed by atoms with Crippen LogP contribution in [0.15, 0.2) is 24.3 Å². The molecule has 0 radical (unpaired) electrons. The number of amides is 1. The quantitative estimate of drug-likeness (QED) is 0.899. The van der Waals surface area contributed by atoms with E-state index < -0.39 is 0 Å². The Labute approximate surface area is 131 Å². The van der Waals surface area contributed by atoms with E-state index >= 15 is 0 Å². The van der Waals surface area contributed by atoms with Crippen LogP contribution in [-0.2, 0) is 11.2 Å². The van der Waals surface area contributed by atoms with Crippen molar-refractivity contribution in [3.63, 3.8) is 0 Å². The molecule has 0 bridgehead atoms. The molecule has 0 fully saturated rings. The van der Waals surface area contributed by atoms with Gasteiger partial charge in [0.2, 0.25) is 5.91 Å². The Kier molecular flexibility index (Phi) is 5.33. The fraction of sp³-hybridized carbons (Fsp3) is 0.588. The van der Waals surface area contributed by atoms with Gasteiger partial charge in [0.15, 0.2) is 0 Å². The predicted octanol–water partition coefficient (Wildman–Crippen LogP) is 2.93. The summed E-state index contributed by atoms with van der Waals surface area (Å²) in [5.41, 5.74) is 2.48. The van der Waals surface area contributed by atoms with E-state index in [1.165, 1.54) is 5.56 Å². The molecule has 2 atom stereocenters. The number of nitrogens with one attached hydrogen (secondary N) is 1. The molecule has 0 aromatic heterocycles. The number of hydrogen-bond donors (Lipinski definition) is 2. The summed E-state index contributed by atoms with van der Waals surface area (Å²) in [6.45, 7) is 6.34. The van der Waals surface area contributed by atoms with Crippen LogP contribution in [0.4, 0.5) is 0 Å². The van der Waals surface area contributed by atoms with Crippen LogP contribution in [0, 0.1) is 5.41 Å². The Bertz CT molecular complexity index is 496. The van der Waals surface area contributed by atoms with E-state index in [0.29, 0.717) is 0 Å². The van der Waals surface area contributed by atoms with Gasteiger partial charge in [-0.3, -0.25) is 4.79 Å². The van der Waals surface area contributed by atoms with Crippen molar-refractivity contribution in [2.24, 2.45) is 5.41 Å². The van der Waals surface area contributed by atoms with Crippen molar-refractivity contribution in [3.8, 4) is 0 Å². The standard InChI is InChI=1S/C17H25NO2S/c1-17(2,3)10-13(11-19)18-16(20)15-14-7-5-4-6-12(14)8-9-21-15/h4-7,13,15,19H,8-11H2,1-3H3,(H,18,20). The fourth-order valence-corrected chi connectivity index (χ4v) is 3.99. The summed E-state index contributed by atoms with van der Waals surface area (Å²) < 4.78 is 0. The van der Waals surface area contributed by atoms with Crippen molar-refractivity contribution in [1.29, 1.82) is 0 Å². The topological polar surface area (TPSA) is 49.3 Å². The third kappa shape index (κ3) is 4.48. The van der Waals surface area contributed by atoms with Gasteiger partial charge in [0.1, 0.15) is 5.25 Å². The summed E-state index contributed by atoms with van der Waals surface area (Å²) in [5.74, 6) is 0.994. The molecular formula is C17H25NO2S. The molecule has 4 heteroatoms. The molecule has 0 saturated heterocycles. The van der Waals surface area contributed by atoms with Gasteiger partial charge in [0, 0.05) is 0 Å². The molecule has 0 aliphatic carbocycles. The van der Waals surface area contributed by atoms with Crippen molar-refractivity contribution in [3.05, 3.63) is 35.4 Å². The van der Waals surface area contributed by atoms with Gasteiger partial charge in [-0.25, -0.2) is 0 Å². The monoisotopic (exact) mass is 307 g/mol. The second kappa shape index (κ2) is 6.84. The first-order valence-electron chi connectivity index (χ1n) is 7.51. The van der Waals surface area contributed by atoms with Gasteiger partial charge in [0.05, 0.1) is 12.6 Å². The van der Waals surface area contributed by atoms with Crippen molar-refractivity contribution < 1.29 is 9.90 Å². The maximum atomic E-state index is 12.6. The number of hydrogen-bond acceptors (Lipinski definition) is 3. The number of aliphatic hydroxyl groups is 1. The smallest absolute Gasteiger partial charge is 0.237 e. The number of aliphatic hydroxyl groups excluding tert-OH is 1. The molecule has 3 nitrogen and oxygen atoms in total. The molecule has 1 aromatic rings. The largest absolute Gasteiger partial charge is 0.394 e. The maximum absolute atomic E-state index is 12.6. The molecule has 1 amide bonds. The number of rotatable bonds is 4. The van der Waals surface area contributed by atoms with Gasteiger partial charge < -0.3 is 10.4 Å². The third-order valence-electron chi connectivity index (χ3n) is 3.66. The normalized spacial score (nSPS) is 19.7. The van der Waals surface area contributed by atoms with E-state index in [1.807, 2.05) is 18.2 Å². The lowest BCUT2D eigenvalue weighted by atomic mass is 9.88. The summed E-state index contributed by atoms with van der Waals surface area (Å²) in [5, 5.41) is 12.4. The molecule has 21 heavy (non-hydrogen) atoms. The van der Waals surface area contributed by atoms with Gasteiger partial charge in [-0.05, 0) is 35.1 Å². The second-order valence-electron chi connectivity index (χ2n) is 6.85. The number of carbonyl (C=O) groups excluding carboxylic acids is 1.